The molecule has 0 N–H and O–H groups in total. The highest BCUT2D eigenvalue weighted by molar-refractivity contribution is 5.30. The van der Waals surface area contributed by atoms with Crippen LogP contribution in [-0.2, 0) is 11.8 Å². The quantitative estimate of drug-likeness (QED) is 0.759. The van der Waals surface area contributed by atoms with Crippen LogP contribution in [0, 0.1) is 5.82 Å². The highest BCUT2D eigenvalue weighted by Gasteiger charge is 2.30. The second-order valence-electron chi connectivity index (χ2n) is 5.52. The molecule has 0 spiro atoms. The number of hydrogen-bond acceptors (Lipinski definition) is 1. The largest absolute Gasteiger partial charge is 0.306 e. The van der Waals surface area contributed by atoms with Gasteiger partial charge in [0.15, 0.2) is 0 Å². The van der Waals surface area contributed by atoms with E-state index in [-0.39, 0.29) is 11.2 Å². The zero-order valence-electron chi connectivity index (χ0n) is 11.1. The van der Waals surface area contributed by atoms with Gasteiger partial charge in [0.1, 0.15) is 5.82 Å². The van der Waals surface area contributed by atoms with Crippen molar-refractivity contribution in [3.8, 4) is 0 Å². The van der Waals surface area contributed by atoms with Crippen molar-refractivity contribution in [3.63, 3.8) is 0 Å². The molecular formula is C15H22FN. The summed E-state index contributed by atoms with van der Waals surface area (Å²) in [5.41, 5.74) is 2.14. The van der Waals surface area contributed by atoms with Crippen molar-refractivity contribution in [2.24, 2.45) is 0 Å². The second kappa shape index (κ2) is 4.77. The molecule has 1 aliphatic rings. The van der Waals surface area contributed by atoms with Gasteiger partial charge in [-0.1, -0.05) is 26.0 Å². The lowest BCUT2D eigenvalue weighted by molar-refractivity contribution is 0.199. The van der Waals surface area contributed by atoms with E-state index in [1.807, 2.05) is 13.0 Å². The van der Waals surface area contributed by atoms with Gasteiger partial charge in [-0.25, -0.2) is 4.39 Å². The van der Waals surface area contributed by atoms with Crippen molar-refractivity contribution in [2.75, 3.05) is 20.1 Å². The molecule has 1 fully saturated rings. The fraction of sp³-hybridized carbons (Fsp3) is 0.600. The van der Waals surface area contributed by atoms with E-state index >= 15 is 0 Å². The zero-order chi connectivity index (χ0) is 12.5. The van der Waals surface area contributed by atoms with Crippen molar-refractivity contribution >= 4 is 0 Å². The number of aryl methyl sites for hydroxylation is 1. The molecule has 94 valence electrons. The Morgan fingerprint density at radius 1 is 1.29 bits per heavy atom. The molecule has 0 atom stereocenters. The molecule has 0 bridgehead atoms. The topological polar surface area (TPSA) is 3.24 Å². The van der Waals surface area contributed by atoms with Crippen LogP contribution in [-0.4, -0.2) is 25.0 Å². The normalized spacial score (nSPS) is 20.5. The molecule has 0 aromatic heterocycles. The third-order valence-electron chi connectivity index (χ3n) is 4.22. The highest BCUT2D eigenvalue weighted by atomic mass is 19.1. The van der Waals surface area contributed by atoms with Gasteiger partial charge in [0, 0.05) is 0 Å². The SMILES string of the molecule is CCc1ccc(C2(C)CCN(C)CC2)cc1F. The molecule has 0 aliphatic carbocycles. The number of halogens is 1. The summed E-state index contributed by atoms with van der Waals surface area (Å²) in [5.74, 6) is -0.0369. The van der Waals surface area contributed by atoms with Crippen molar-refractivity contribution in [2.45, 2.75) is 38.5 Å². The van der Waals surface area contributed by atoms with E-state index in [4.69, 9.17) is 0 Å². The van der Waals surface area contributed by atoms with Gasteiger partial charge < -0.3 is 4.90 Å². The molecule has 0 amide bonds. The number of piperidine rings is 1. The predicted octanol–water partition coefficient (Wildman–Crippen LogP) is 3.37. The maximum absolute atomic E-state index is 13.8. The lowest BCUT2D eigenvalue weighted by atomic mass is 9.74. The van der Waals surface area contributed by atoms with Gasteiger partial charge in [0.2, 0.25) is 0 Å². The molecule has 1 aromatic rings. The standard InChI is InChI=1S/C15H22FN/c1-4-12-5-6-13(11-14(12)16)15(2)7-9-17(3)10-8-15/h5-6,11H,4,7-10H2,1-3H3. The van der Waals surface area contributed by atoms with Crippen molar-refractivity contribution in [1.82, 2.24) is 4.90 Å². The first-order valence-corrected chi connectivity index (χ1v) is 6.52. The minimum atomic E-state index is -0.0369. The van der Waals surface area contributed by atoms with Gasteiger partial charge in [0.05, 0.1) is 0 Å². The zero-order valence-corrected chi connectivity index (χ0v) is 11.1. The Balaban J connectivity index is 2.24. The van der Waals surface area contributed by atoms with Crippen molar-refractivity contribution < 1.29 is 4.39 Å². The Morgan fingerprint density at radius 2 is 1.94 bits per heavy atom. The first kappa shape index (κ1) is 12.6. The summed E-state index contributed by atoms with van der Waals surface area (Å²) in [7, 11) is 2.15. The van der Waals surface area contributed by atoms with E-state index < -0.39 is 0 Å². The second-order valence-corrected chi connectivity index (χ2v) is 5.52. The first-order chi connectivity index (χ1) is 8.05. The van der Waals surface area contributed by atoms with Gasteiger partial charge >= 0.3 is 0 Å². The van der Waals surface area contributed by atoms with E-state index in [0.29, 0.717) is 0 Å². The summed E-state index contributed by atoms with van der Waals surface area (Å²) in [6.07, 6.45) is 3.01. The Hall–Kier alpha value is -0.890. The molecule has 1 heterocycles. The minimum absolute atomic E-state index is 0.0369. The summed E-state index contributed by atoms with van der Waals surface area (Å²) in [6.45, 7) is 6.47. The lowest BCUT2D eigenvalue weighted by Gasteiger charge is -2.38. The lowest BCUT2D eigenvalue weighted by Crippen LogP contribution is -2.38. The van der Waals surface area contributed by atoms with Gasteiger partial charge in [-0.05, 0) is 62.0 Å². The fourth-order valence-corrected chi connectivity index (χ4v) is 2.61. The summed E-state index contributed by atoms with van der Waals surface area (Å²) in [4.78, 5) is 2.35. The third-order valence-corrected chi connectivity index (χ3v) is 4.22. The average Bonchev–Trinajstić information content (AvgIpc) is 2.33. The number of hydrogen-bond donors (Lipinski definition) is 0. The molecule has 1 aliphatic heterocycles. The minimum Gasteiger partial charge on any atom is -0.306 e. The van der Waals surface area contributed by atoms with E-state index in [0.717, 1.165) is 37.9 Å². The van der Waals surface area contributed by atoms with Gasteiger partial charge in [-0.3, -0.25) is 0 Å². The van der Waals surface area contributed by atoms with Crippen LogP contribution in [0.3, 0.4) is 0 Å². The summed E-state index contributed by atoms with van der Waals surface area (Å²) < 4.78 is 13.8. The third kappa shape index (κ3) is 2.52. The molecule has 1 saturated heterocycles. The average molecular weight is 235 g/mol. The van der Waals surface area contributed by atoms with Crippen LogP contribution in [0.2, 0.25) is 0 Å². The van der Waals surface area contributed by atoms with Crippen LogP contribution in [0.15, 0.2) is 18.2 Å². The molecule has 0 saturated carbocycles. The maximum atomic E-state index is 13.8. The van der Waals surface area contributed by atoms with Gasteiger partial charge in [-0.15, -0.1) is 0 Å². The molecule has 1 nitrogen and oxygen atoms in total. The van der Waals surface area contributed by atoms with Crippen molar-refractivity contribution in [3.05, 3.63) is 35.1 Å². The van der Waals surface area contributed by atoms with Crippen molar-refractivity contribution in [1.29, 1.82) is 0 Å². The molecule has 0 unspecified atom stereocenters. The number of benzene rings is 1. The Kier molecular flexibility index (Phi) is 3.53. The maximum Gasteiger partial charge on any atom is 0.126 e. The Labute approximate surface area is 104 Å². The van der Waals surface area contributed by atoms with Crippen LogP contribution in [0.4, 0.5) is 4.39 Å². The van der Waals surface area contributed by atoms with Crippen LogP contribution in [0.1, 0.15) is 37.8 Å². The van der Waals surface area contributed by atoms with E-state index in [2.05, 4.69) is 24.9 Å². The highest BCUT2D eigenvalue weighted by Crippen LogP contribution is 2.35. The summed E-state index contributed by atoms with van der Waals surface area (Å²) in [6, 6.07) is 5.83. The first-order valence-electron chi connectivity index (χ1n) is 6.52. The summed E-state index contributed by atoms with van der Waals surface area (Å²) >= 11 is 0. The van der Waals surface area contributed by atoms with Crippen LogP contribution in [0.25, 0.3) is 0 Å². The smallest absolute Gasteiger partial charge is 0.126 e. The number of likely N-dealkylation sites (tertiary alicyclic amines) is 1. The van der Waals surface area contributed by atoms with E-state index in [1.165, 1.54) is 5.56 Å². The molecule has 2 rings (SSSR count). The molecular weight excluding hydrogens is 213 g/mol. The van der Waals surface area contributed by atoms with E-state index in [9.17, 15) is 4.39 Å². The molecule has 0 radical (unpaired) electrons. The molecule has 2 heteroatoms. The number of rotatable bonds is 2. The van der Waals surface area contributed by atoms with Gasteiger partial charge in [0.25, 0.3) is 0 Å². The van der Waals surface area contributed by atoms with Crippen LogP contribution >= 0.6 is 0 Å². The van der Waals surface area contributed by atoms with Crippen LogP contribution < -0.4 is 0 Å². The monoisotopic (exact) mass is 235 g/mol. The molecule has 17 heavy (non-hydrogen) atoms. The van der Waals surface area contributed by atoms with E-state index in [1.54, 1.807) is 6.07 Å². The van der Waals surface area contributed by atoms with Crippen LogP contribution in [0.5, 0.6) is 0 Å². The predicted molar refractivity (Wildman–Crippen MR) is 69.9 cm³/mol. The summed E-state index contributed by atoms with van der Waals surface area (Å²) in [5, 5.41) is 0. The number of nitrogens with zero attached hydrogens (tertiary/aromatic N) is 1. The Bertz CT molecular complexity index is 392. The van der Waals surface area contributed by atoms with Gasteiger partial charge in [-0.2, -0.15) is 0 Å². The molecule has 1 aromatic carbocycles. The Morgan fingerprint density at radius 3 is 2.47 bits per heavy atom. The fourth-order valence-electron chi connectivity index (χ4n) is 2.61.